The lowest BCUT2D eigenvalue weighted by Gasteiger charge is -2.14. The van der Waals surface area contributed by atoms with Gasteiger partial charge in [0.1, 0.15) is 11.2 Å². The number of nitrogens with zero attached hydrogens (tertiary/aromatic N) is 4. The third kappa shape index (κ3) is 5.76. The number of hydrogen-bond acceptors (Lipinski definition) is 7. The molecule has 9 aromatic carbocycles. The zero-order valence-corrected chi connectivity index (χ0v) is 36.1. The highest BCUT2D eigenvalue weighted by molar-refractivity contribution is 7.26. The fraction of sp³-hybridized carbons (Fsp3) is 0. The quantitative estimate of drug-likeness (QED) is 0.161. The average molecular weight is 865 g/mol. The summed E-state index contributed by atoms with van der Waals surface area (Å²) in [5.74, 6) is 1.87. The highest BCUT2D eigenvalue weighted by atomic mass is 32.1. The number of hydrogen-bond donors (Lipinski definition) is 0. The zero-order valence-electron chi connectivity index (χ0n) is 34.5. The van der Waals surface area contributed by atoms with E-state index in [0.29, 0.717) is 17.5 Å². The normalized spacial score (nSPS) is 12.0. The van der Waals surface area contributed by atoms with Gasteiger partial charge in [0.25, 0.3) is 0 Å². The maximum atomic E-state index is 6.84. The molecule has 7 heteroatoms. The smallest absolute Gasteiger partial charge is 0.164 e. The van der Waals surface area contributed by atoms with E-state index in [1.165, 1.54) is 40.3 Å². The van der Waals surface area contributed by atoms with Crippen molar-refractivity contribution in [3.63, 3.8) is 0 Å². The third-order valence-corrected chi connectivity index (χ3v) is 15.0. The second kappa shape index (κ2) is 14.2. The van der Waals surface area contributed by atoms with Crippen molar-refractivity contribution in [2.75, 3.05) is 0 Å². The van der Waals surface area contributed by atoms with Gasteiger partial charge in [-0.3, -0.25) is 0 Å². The van der Waals surface area contributed by atoms with E-state index in [0.717, 1.165) is 82.7 Å². The van der Waals surface area contributed by atoms with Crippen molar-refractivity contribution in [3.8, 4) is 56.5 Å². The fourth-order valence-corrected chi connectivity index (χ4v) is 11.8. The molecular formula is C58H32N4OS2. The molecule has 0 aliphatic rings. The van der Waals surface area contributed by atoms with Crippen LogP contribution in [-0.4, -0.2) is 19.9 Å². The lowest BCUT2D eigenvalue weighted by molar-refractivity contribution is 0.670. The number of benzene rings is 9. The molecule has 0 saturated heterocycles. The highest BCUT2D eigenvalue weighted by Crippen LogP contribution is 2.46. The molecule has 0 atom stereocenters. The molecule has 0 saturated carbocycles. The summed E-state index contributed by atoms with van der Waals surface area (Å²) in [6.45, 7) is 0. The first-order valence-electron chi connectivity index (χ1n) is 21.6. The molecular weight excluding hydrogens is 833 g/mol. The third-order valence-electron chi connectivity index (χ3n) is 12.7. The first kappa shape index (κ1) is 36.4. The maximum Gasteiger partial charge on any atom is 0.164 e. The molecule has 302 valence electrons. The van der Waals surface area contributed by atoms with Gasteiger partial charge >= 0.3 is 0 Å². The molecule has 5 aromatic heterocycles. The summed E-state index contributed by atoms with van der Waals surface area (Å²) < 4.78 is 11.8. The number of pyridine rings is 1. The number of furan rings is 1. The van der Waals surface area contributed by atoms with Gasteiger partial charge < -0.3 is 4.42 Å². The minimum Gasteiger partial charge on any atom is -0.455 e. The standard InChI is InChI=1S/C58H32N4OS2/c1-2-12-34(13-3-1)54-45-32-42(55-53(41-17-5-9-19-47(41)63-55)52(45)40-16-4-8-18-46(40)59-54)33-22-24-35(25-23-33)56-60-57(36-26-28-50-43(30-36)38-14-6-10-20-48(38)64-50)62-58(61-56)37-27-29-51-44(31-37)39-15-7-11-21-49(39)65-51/h1-32H. The van der Waals surface area contributed by atoms with Crippen LogP contribution >= 0.6 is 22.7 Å². The molecule has 0 N–H and O–H groups in total. The van der Waals surface area contributed by atoms with Crippen LogP contribution in [-0.2, 0) is 0 Å². The summed E-state index contributed by atoms with van der Waals surface area (Å²) >= 11 is 3.61. The summed E-state index contributed by atoms with van der Waals surface area (Å²) in [6, 6.07) is 68.4. The molecule has 0 radical (unpaired) electrons. The van der Waals surface area contributed by atoms with Crippen molar-refractivity contribution in [2.24, 2.45) is 0 Å². The molecule has 5 heterocycles. The topological polar surface area (TPSA) is 64.7 Å². The van der Waals surface area contributed by atoms with Gasteiger partial charge in [-0.1, -0.05) is 127 Å². The summed E-state index contributed by atoms with van der Waals surface area (Å²) in [6.07, 6.45) is 0. The van der Waals surface area contributed by atoms with E-state index >= 15 is 0 Å². The molecule has 14 rings (SSSR count). The van der Waals surface area contributed by atoms with Gasteiger partial charge in [0, 0.05) is 95.1 Å². The van der Waals surface area contributed by atoms with Crippen LogP contribution in [0.5, 0.6) is 0 Å². The SMILES string of the molecule is c1ccc(-c2nc3ccccc3c3c2cc(-c2ccc(-c4nc(-c5ccc6sc7ccccc7c6c5)nc(-c5ccc6sc7ccccc7c6c5)n4)cc2)c2oc4ccccc4c23)cc1. The first-order chi connectivity index (χ1) is 32.2. The summed E-state index contributed by atoms with van der Waals surface area (Å²) in [5.41, 5.74) is 9.45. The Morgan fingerprint density at radius 3 is 1.49 bits per heavy atom. The van der Waals surface area contributed by atoms with Crippen LogP contribution in [0.1, 0.15) is 0 Å². The molecule has 0 aliphatic carbocycles. The predicted octanol–water partition coefficient (Wildman–Crippen LogP) is 16.5. The zero-order chi connectivity index (χ0) is 42.6. The van der Waals surface area contributed by atoms with Crippen molar-refractivity contribution >= 4 is 107 Å². The number of para-hydroxylation sites is 2. The molecule has 0 aliphatic heterocycles. The lowest BCUT2D eigenvalue weighted by Crippen LogP contribution is -2.00. The van der Waals surface area contributed by atoms with Crippen LogP contribution in [0.4, 0.5) is 0 Å². The fourth-order valence-electron chi connectivity index (χ4n) is 9.65. The molecule has 0 fully saturated rings. The van der Waals surface area contributed by atoms with Gasteiger partial charge in [-0.25, -0.2) is 19.9 Å². The Hall–Kier alpha value is -8.10. The Morgan fingerprint density at radius 2 is 0.831 bits per heavy atom. The van der Waals surface area contributed by atoms with Crippen LogP contribution < -0.4 is 0 Å². The minimum atomic E-state index is 0.608. The van der Waals surface area contributed by atoms with E-state index in [1.54, 1.807) is 0 Å². The predicted molar refractivity (Wildman–Crippen MR) is 273 cm³/mol. The summed E-state index contributed by atoms with van der Waals surface area (Å²) in [4.78, 5) is 21.0. The molecule has 5 nitrogen and oxygen atoms in total. The van der Waals surface area contributed by atoms with Crippen molar-refractivity contribution in [1.82, 2.24) is 19.9 Å². The van der Waals surface area contributed by atoms with Crippen LogP contribution in [0.15, 0.2) is 199 Å². The molecule has 0 spiro atoms. The first-order valence-corrected chi connectivity index (χ1v) is 23.2. The Morgan fingerprint density at radius 1 is 0.323 bits per heavy atom. The Kier molecular flexibility index (Phi) is 7.95. The van der Waals surface area contributed by atoms with Gasteiger partial charge in [0.15, 0.2) is 17.5 Å². The van der Waals surface area contributed by atoms with E-state index < -0.39 is 0 Å². The number of thiophene rings is 2. The van der Waals surface area contributed by atoms with Crippen molar-refractivity contribution in [2.45, 2.75) is 0 Å². The minimum absolute atomic E-state index is 0.608. The second-order valence-electron chi connectivity index (χ2n) is 16.5. The van der Waals surface area contributed by atoms with Crippen LogP contribution in [0, 0.1) is 0 Å². The summed E-state index contributed by atoms with van der Waals surface area (Å²) in [5, 5.41) is 10.4. The van der Waals surface area contributed by atoms with E-state index in [1.807, 2.05) is 34.8 Å². The monoisotopic (exact) mass is 864 g/mol. The van der Waals surface area contributed by atoms with E-state index in [-0.39, 0.29) is 0 Å². The number of aromatic nitrogens is 4. The number of rotatable bonds is 5. The van der Waals surface area contributed by atoms with Crippen LogP contribution in [0.2, 0.25) is 0 Å². The lowest BCUT2D eigenvalue weighted by atomic mass is 9.91. The molecule has 0 amide bonds. The Labute approximate surface area is 379 Å². The van der Waals surface area contributed by atoms with Crippen LogP contribution in [0.25, 0.3) is 141 Å². The molecule has 14 aromatic rings. The summed E-state index contributed by atoms with van der Waals surface area (Å²) in [7, 11) is 0. The highest BCUT2D eigenvalue weighted by Gasteiger charge is 2.22. The van der Waals surface area contributed by atoms with Crippen molar-refractivity contribution in [1.29, 1.82) is 0 Å². The van der Waals surface area contributed by atoms with Gasteiger partial charge in [0.2, 0.25) is 0 Å². The van der Waals surface area contributed by atoms with Gasteiger partial charge in [-0.05, 0) is 72.3 Å². The largest absolute Gasteiger partial charge is 0.455 e. The molecule has 0 bridgehead atoms. The van der Waals surface area contributed by atoms with Crippen molar-refractivity contribution < 1.29 is 4.42 Å². The second-order valence-corrected chi connectivity index (χ2v) is 18.7. The van der Waals surface area contributed by atoms with Gasteiger partial charge in [-0.15, -0.1) is 22.7 Å². The molecule has 0 unspecified atom stereocenters. The average Bonchev–Trinajstić information content (AvgIpc) is 4.07. The van der Waals surface area contributed by atoms with Crippen molar-refractivity contribution in [3.05, 3.63) is 194 Å². The Bertz CT molecular complexity index is 4110. The maximum absolute atomic E-state index is 6.84. The van der Waals surface area contributed by atoms with E-state index in [4.69, 9.17) is 24.4 Å². The Balaban J connectivity index is 0.966. The van der Waals surface area contributed by atoms with E-state index in [9.17, 15) is 0 Å². The van der Waals surface area contributed by atoms with Gasteiger partial charge in [0.05, 0.1) is 11.2 Å². The molecule has 65 heavy (non-hydrogen) atoms. The van der Waals surface area contributed by atoms with Crippen LogP contribution in [0.3, 0.4) is 0 Å². The number of fused-ring (bicyclic) bond motifs is 13. The van der Waals surface area contributed by atoms with Gasteiger partial charge in [-0.2, -0.15) is 0 Å². The van der Waals surface area contributed by atoms with E-state index in [2.05, 4.69) is 182 Å².